The second kappa shape index (κ2) is 6.95. The molecule has 2 amide bonds. The summed E-state index contributed by atoms with van der Waals surface area (Å²) in [5.41, 5.74) is 0.0109. The Morgan fingerprint density at radius 2 is 2.22 bits per heavy atom. The summed E-state index contributed by atoms with van der Waals surface area (Å²) in [5, 5.41) is 16.1. The molecule has 1 unspecified atom stereocenters. The highest BCUT2D eigenvalue weighted by atomic mass is 32.1. The van der Waals surface area contributed by atoms with Crippen molar-refractivity contribution in [2.75, 3.05) is 6.54 Å². The van der Waals surface area contributed by atoms with Crippen molar-refractivity contribution in [2.45, 2.75) is 26.8 Å². The van der Waals surface area contributed by atoms with Crippen molar-refractivity contribution in [1.29, 1.82) is 0 Å². The predicted molar refractivity (Wildman–Crippen MR) is 68.8 cm³/mol. The van der Waals surface area contributed by atoms with E-state index in [0.717, 1.165) is 6.42 Å². The van der Waals surface area contributed by atoms with Crippen LogP contribution in [0.25, 0.3) is 0 Å². The number of rotatable bonds is 6. The number of hydrogen-bond donors (Lipinski definition) is 3. The molecule has 1 atom stereocenters. The zero-order chi connectivity index (χ0) is 13.5. The van der Waals surface area contributed by atoms with Gasteiger partial charge in [0.25, 0.3) is 0 Å². The van der Waals surface area contributed by atoms with Crippen molar-refractivity contribution in [1.82, 2.24) is 15.6 Å². The Kier molecular flexibility index (Phi) is 5.57. The quantitative estimate of drug-likeness (QED) is 0.734. The van der Waals surface area contributed by atoms with Crippen LogP contribution in [-0.2, 0) is 6.54 Å². The molecule has 0 spiro atoms. The minimum absolute atomic E-state index is 0.0109. The van der Waals surface area contributed by atoms with E-state index in [1.54, 1.807) is 0 Å². The highest BCUT2D eigenvalue weighted by Gasteiger charge is 2.09. The maximum atomic E-state index is 11.4. The van der Waals surface area contributed by atoms with Crippen LogP contribution in [0.1, 0.15) is 35.8 Å². The monoisotopic (exact) mass is 271 g/mol. The maximum Gasteiger partial charge on any atom is 0.355 e. The molecule has 0 aliphatic carbocycles. The lowest BCUT2D eigenvalue weighted by molar-refractivity contribution is 0.0691. The van der Waals surface area contributed by atoms with Gasteiger partial charge in [-0.15, -0.1) is 11.3 Å². The van der Waals surface area contributed by atoms with Crippen molar-refractivity contribution in [3.63, 3.8) is 0 Å². The van der Waals surface area contributed by atoms with Crippen LogP contribution >= 0.6 is 11.3 Å². The first-order valence-corrected chi connectivity index (χ1v) is 6.60. The number of carbonyl (C=O) groups is 2. The molecule has 3 N–H and O–H groups in total. The first-order valence-electron chi connectivity index (χ1n) is 5.72. The summed E-state index contributed by atoms with van der Waals surface area (Å²) in [7, 11) is 0. The molecule has 0 aliphatic rings. The number of carbonyl (C=O) groups excluding carboxylic acids is 1. The molecular weight excluding hydrogens is 254 g/mol. The number of hydrogen-bond acceptors (Lipinski definition) is 4. The molecule has 1 rings (SSSR count). The van der Waals surface area contributed by atoms with Crippen molar-refractivity contribution in [3.05, 3.63) is 16.1 Å². The maximum absolute atomic E-state index is 11.4. The number of nitrogens with zero attached hydrogens (tertiary/aromatic N) is 1. The van der Waals surface area contributed by atoms with Crippen LogP contribution in [0.3, 0.4) is 0 Å². The third-order valence-electron chi connectivity index (χ3n) is 2.48. The van der Waals surface area contributed by atoms with E-state index in [9.17, 15) is 9.59 Å². The van der Waals surface area contributed by atoms with E-state index in [-0.39, 0.29) is 18.3 Å². The molecule has 1 aromatic heterocycles. The molecule has 0 saturated heterocycles. The lowest BCUT2D eigenvalue weighted by atomic mass is 10.1. The average molecular weight is 271 g/mol. The Morgan fingerprint density at radius 3 is 2.78 bits per heavy atom. The second-order valence-corrected chi connectivity index (χ2v) is 4.95. The molecule has 6 nitrogen and oxygen atoms in total. The van der Waals surface area contributed by atoms with Gasteiger partial charge in [-0.25, -0.2) is 14.6 Å². The van der Waals surface area contributed by atoms with Crippen LogP contribution < -0.4 is 10.6 Å². The lowest BCUT2D eigenvalue weighted by Gasteiger charge is -2.10. The van der Waals surface area contributed by atoms with Crippen molar-refractivity contribution < 1.29 is 14.7 Å². The third kappa shape index (κ3) is 4.70. The third-order valence-corrected chi connectivity index (χ3v) is 3.33. The van der Waals surface area contributed by atoms with E-state index in [0.29, 0.717) is 17.5 Å². The second-order valence-electron chi connectivity index (χ2n) is 4.01. The highest BCUT2D eigenvalue weighted by molar-refractivity contribution is 7.09. The largest absolute Gasteiger partial charge is 0.476 e. The van der Waals surface area contributed by atoms with Gasteiger partial charge in [-0.05, 0) is 5.92 Å². The lowest BCUT2D eigenvalue weighted by Crippen LogP contribution is -2.37. The molecule has 0 aromatic carbocycles. The van der Waals surface area contributed by atoms with Crippen molar-refractivity contribution in [2.24, 2.45) is 5.92 Å². The number of carboxylic acids is 1. The predicted octanol–water partition coefficient (Wildman–Crippen LogP) is 1.69. The first kappa shape index (κ1) is 14.4. The normalized spacial score (nSPS) is 11.9. The van der Waals surface area contributed by atoms with E-state index in [4.69, 9.17) is 5.11 Å². The molecule has 0 bridgehead atoms. The Morgan fingerprint density at radius 1 is 1.50 bits per heavy atom. The summed E-state index contributed by atoms with van der Waals surface area (Å²) >= 11 is 1.21. The number of aromatic carboxylic acids is 1. The van der Waals surface area contributed by atoms with Crippen LogP contribution in [0.5, 0.6) is 0 Å². The SMILES string of the molecule is CCC(C)CNC(=O)NCc1nc(C(=O)O)cs1. The summed E-state index contributed by atoms with van der Waals surface area (Å²) in [6, 6.07) is -0.262. The van der Waals surface area contributed by atoms with Gasteiger partial charge in [-0.1, -0.05) is 20.3 Å². The van der Waals surface area contributed by atoms with Crippen molar-refractivity contribution >= 4 is 23.3 Å². The Bertz CT molecular complexity index is 419. The Hall–Kier alpha value is -1.63. The van der Waals surface area contributed by atoms with E-state index < -0.39 is 5.97 Å². The topological polar surface area (TPSA) is 91.3 Å². The van der Waals surface area contributed by atoms with Gasteiger partial charge in [-0.3, -0.25) is 0 Å². The van der Waals surface area contributed by atoms with Gasteiger partial charge in [-0.2, -0.15) is 0 Å². The minimum Gasteiger partial charge on any atom is -0.476 e. The van der Waals surface area contributed by atoms with Crippen LogP contribution in [0.2, 0.25) is 0 Å². The first-order chi connectivity index (χ1) is 8.52. The zero-order valence-electron chi connectivity index (χ0n) is 10.4. The van der Waals surface area contributed by atoms with Crippen LogP contribution in [0.4, 0.5) is 4.79 Å². The van der Waals surface area contributed by atoms with Gasteiger partial charge < -0.3 is 15.7 Å². The molecule has 0 radical (unpaired) electrons. The van der Waals surface area contributed by atoms with E-state index in [1.807, 2.05) is 0 Å². The van der Waals surface area contributed by atoms with E-state index >= 15 is 0 Å². The molecule has 0 fully saturated rings. The number of carboxylic acid groups (broad SMARTS) is 1. The summed E-state index contributed by atoms with van der Waals surface area (Å²) in [6.07, 6.45) is 1.01. The zero-order valence-corrected chi connectivity index (χ0v) is 11.2. The summed E-state index contributed by atoms with van der Waals surface area (Å²) < 4.78 is 0. The summed E-state index contributed by atoms with van der Waals surface area (Å²) in [6.45, 7) is 4.98. The molecule has 100 valence electrons. The Labute approximate surface area is 109 Å². The molecule has 7 heteroatoms. The van der Waals surface area contributed by atoms with Crippen molar-refractivity contribution in [3.8, 4) is 0 Å². The molecule has 1 heterocycles. The van der Waals surface area contributed by atoms with Gasteiger partial charge >= 0.3 is 12.0 Å². The summed E-state index contributed by atoms with van der Waals surface area (Å²) in [4.78, 5) is 25.9. The van der Waals surface area contributed by atoms with Gasteiger partial charge in [0.15, 0.2) is 5.69 Å². The van der Waals surface area contributed by atoms with Crippen LogP contribution in [0.15, 0.2) is 5.38 Å². The number of aromatic nitrogens is 1. The van der Waals surface area contributed by atoms with Crippen LogP contribution in [-0.4, -0.2) is 28.6 Å². The van der Waals surface area contributed by atoms with Crippen LogP contribution in [0, 0.1) is 5.92 Å². The van der Waals surface area contributed by atoms with Gasteiger partial charge in [0.05, 0.1) is 6.54 Å². The average Bonchev–Trinajstić information content (AvgIpc) is 2.82. The summed E-state index contributed by atoms with van der Waals surface area (Å²) in [5.74, 6) is -0.618. The standard InChI is InChI=1S/C11H17N3O3S/c1-3-7(2)4-12-11(17)13-5-9-14-8(6-18-9)10(15)16/h6-7H,3-5H2,1-2H3,(H,15,16)(H2,12,13,17). The smallest absolute Gasteiger partial charge is 0.355 e. The molecule has 0 saturated carbocycles. The van der Waals surface area contributed by atoms with Gasteiger partial charge in [0, 0.05) is 11.9 Å². The van der Waals surface area contributed by atoms with Gasteiger partial charge in [0.1, 0.15) is 5.01 Å². The van der Waals surface area contributed by atoms with Gasteiger partial charge in [0.2, 0.25) is 0 Å². The number of thiazole rings is 1. The molecule has 1 aromatic rings. The molecular formula is C11H17N3O3S. The number of amides is 2. The van der Waals surface area contributed by atoms with E-state index in [1.165, 1.54) is 16.7 Å². The fourth-order valence-corrected chi connectivity index (χ4v) is 1.83. The highest BCUT2D eigenvalue weighted by Crippen LogP contribution is 2.09. The Balaban J connectivity index is 2.31. The molecule has 0 aliphatic heterocycles. The van der Waals surface area contributed by atoms with E-state index in [2.05, 4.69) is 29.5 Å². The number of nitrogens with one attached hydrogen (secondary N) is 2. The fourth-order valence-electron chi connectivity index (χ4n) is 1.12. The fraction of sp³-hybridized carbons (Fsp3) is 0.545. The minimum atomic E-state index is -1.06. The molecule has 18 heavy (non-hydrogen) atoms. The number of urea groups is 1.